The number of benzene rings is 2. The molecule has 5 saturated heterocycles. The lowest BCUT2D eigenvalue weighted by Crippen LogP contribution is -2.58. The number of carbonyl (C=O) groups is 2. The molecule has 2 bridgehead atoms. The molecular formula is C42H42F3N7O4. The second-order valence-corrected chi connectivity index (χ2v) is 15.9. The first-order valence-corrected chi connectivity index (χ1v) is 19.4. The molecule has 2 amide bonds. The van der Waals surface area contributed by atoms with Gasteiger partial charge in [-0.2, -0.15) is 9.97 Å². The van der Waals surface area contributed by atoms with Gasteiger partial charge in [-0.3, -0.25) is 19.5 Å². The van der Waals surface area contributed by atoms with Gasteiger partial charge in [0.15, 0.2) is 5.82 Å². The molecule has 5 aliphatic rings. The Hall–Kier alpha value is -5.42. The quantitative estimate of drug-likeness (QED) is 0.196. The fourth-order valence-corrected chi connectivity index (χ4v) is 10.0. The number of nitrogens with zero attached hydrogens (tertiary/aromatic N) is 7. The van der Waals surface area contributed by atoms with Crippen LogP contribution in [-0.4, -0.2) is 116 Å². The summed E-state index contributed by atoms with van der Waals surface area (Å²) in [7, 11) is 0. The van der Waals surface area contributed by atoms with Gasteiger partial charge in [0.1, 0.15) is 41.4 Å². The molecule has 0 spiro atoms. The largest absolute Gasteiger partial charge is 0.508 e. The number of amides is 2. The van der Waals surface area contributed by atoms with Crippen molar-refractivity contribution in [3.63, 3.8) is 0 Å². The molecule has 14 heteroatoms. The molecule has 4 unspecified atom stereocenters. The highest BCUT2D eigenvalue weighted by molar-refractivity contribution is 6.03. The minimum absolute atomic E-state index is 0.0742. The molecule has 2 aromatic heterocycles. The molecule has 9 rings (SSSR count). The van der Waals surface area contributed by atoms with Gasteiger partial charge in [-0.05, 0) is 74.7 Å². The third-order valence-electron chi connectivity index (χ3n) is 12.7. The molecule has 11 nitrogen and oxygen atoms in total. The van der Waals surface area contributed by atoms with E-state index < -0.39 is 23.3 Å². The van der Waals surface area contributed by atoms with Gasteiger partial charge in [0.05, 0.1) is 16.5 Å². The Kier molecular flexibility index (Phi) is 9.03. The van der Waals surface area contributed by atoms with Crippen molar-refractivity contribution in [2.75, 3.05) is 50.8 Å². The number of halogens is 3. The summed E-state index contributed by atoms with van der Waals surface area (Å²) in [5, 5.41) is 11.6. The molecular weight excluding hydrogens is 724 g/mol. The summed E-state index contributed by atoms with van der Waals surface area (Å²) in [6.07, 6.45) is 12.3. The smallest absolute Gasteiger partial charge is 0.319 e. The van der Waals surface area contributed by atoms with Gasteiger partial charge in [-0.1, -0.05) is 18.6 Å². The van der Waals surface area contributed by atoms with E-state index in [-0.39, 0.29) is 75.9 Å². The van der Waals surface area contributed by atoms with Crippen LogP contribution >= 0.6 is 0 Å². The summed E-state index contributed by atoms with van der Waals surface area (Å²) in [5.41, 5.74) is -0.778. The van der Waals surface area contributed by atoms with Crippen molar-refractivity contribution < 1.29 is 32.6 Å². The number of carbonyl (C=O) groups excluding carboxylic acids is 2. The number of piperazine rings is 1. The Morgan fingerprint density at radius 1 is 1.07 bits per heavy atom. The highest BCUT2D eigenvalue weighted by atomic mass is 19.1. The predicted molar refractivity (Wildman–Crippen MR) is 204 cm³/mol. The summed E-state index contributed by atoms with van der Waals surface area (Å²) >= 11 is 0. The lowest BCUT2D eigenvalue weighted by atomic mass is 9.94. The number of terminal acetylenes is 1. The van der Waals surface area contributed by atoms with Crippen LogP contribution in [0.3, 0.4) is 0 Å². The van der Waals surface area contributed by atoms with E-state index in [1.54, 1.807) is 4.90 Å². The molecule has 2 aromatic carbocycles. The number of phenolic OH excluding ortho intramolecular Hbond substituents is 1. The van der Waals surface area contributed by atoms with Gasteiger partial charge in [0.25, 0.3) is 0 Å². The number of rotatable bonds is 7. The van der Waals surface area contributed by atoms with Crippen LogP contribution < -0.4 is 9.64 Å². The molecule has 0 saturated carbocycles. The maximum Gasteiger partial charge on any atom is 0.319 e. The SMILES string of the molecule is C#Cc1c(F)ccc2cc(O)cc(-c3ncc4c(N5CC6CCC(C5)N6C(=O)C5CCN(C(=O)C=C)CC5)nc(OCC56CCCN5CC(F)C6)nc4c3F)c12. The van der Waals surface area contributed by atoms with Gasteiger partial charge in [0.2, 0.25) is 11.8 Å². The minimum atomic E-state index is -0.968. The number of pyridine rings is 1. The van der Waals surface area contributed by atoms with Gasteiger partial charge >= 0.3 is 6.01 Å². The Labute approximate surface area is 322 Å². The van der Waals surface area contributed by atoms with Crippen LogP contribution in [0.15, 0.2) is 43.1 Å². The normalized spacial score (nSPS) is 25.2. The van der Waals surface area contributed by atoms with E-state index >= 15 is 4.39 Å². The highest BCUT2D eigenvalue weighted by Crippen LogP contribution is 2.43. The first-order valence-electron chi connectivity index (χ1n) is 19.4. The second-order valence-electron chi connectivity index (χ2n) is 15.9. The predicted octanol–water partition coefficient (Wildman–Crippen LogP) is 5.37. The van der Waals surface area contributed by atoms with E-state index in [0.29, 0.717) is 68.6 Å². The summed E-state index contributed by atoms with van der Waals surface area (Å²) in [5.74, 6) is 0.872. The summed E-state index contributed by atoms with van der Waals surface area (Å²) in [6.45, 7) is 6.72. The fourth-order valence-electron chi connectivity index (χ4n) is 10.0. The molecule has 0 radical (unpaired) electrons. The Balaban J connectivity index is 1.08. The number of piperidine rings is 1. The summed E-state index contributed by atoms with van der Waals surface area (Å²) in [4.78, 5) is 48.0. The highest BCUT2D eigenvalue weighted by Gasteiger charge is 2.50. The number of likely N-dealkylation sites (tertiary alicyclic amines) is 1. The van der Waals surface area contributed by atoms with Crippen LogP contribution in [-0.2, 0) is 9.59 Å². The zero-order valence-corrected chi connectivity index (χ0v) is 30.9. The molecule has 0 aliphatic carbocycles. The van der Waals surface area contributed by atoms with Gasteiger partial charge < -0.3 is 24.5 Å². The van der Waals surface area contributed by atoms with Crippen molar-refractivity contribution in [2.24, 2.45) is 5.92 Å². The van der Waals surface area contributed by atoms with Crippen LogP contribution in [0, 0.1) is 29.9 Å². The van der Waals surface area contributed by atoms with Crippen molar-refractivity contribution in [2.45, 2.75) is 68.7 Å². The minimum Gasteiger partial charge on any atom is -0.508 e. The summed E-state index contributed by atoms with van der Waals surface area (Å²) < 4.78 is 53.1. The van der Waals surface area contributed by atoms with Crippen LogP contribution in [0.2, 0.25) is 0 Å². The maximum absolute atomic E-state index is 17.1. The number of aromatic nitrogens is 3. The van der Waals surface area contributed by atoms with Crippen molar-refractivity contribution >= 4 is 39.3 Å². The number of hydrogen-bond donors (Lipinski definition) is 1. The number of anilines is 1. The van der Waals surface area contributed by atoms with E-state index in [4.69, 9.17) is 16.1 Å². The molecule has 290 valence electrons. The number of hydrogen-bond acceptors (Lipinski definition) is 9. The number of alkyl halides is 1. The topological polar surface area (TPSA) is 115 Å². The van der Waals surface area contributed by atoms with E-state index in [2.05, 4.69) is 27.4 Å². The Bertz CT molecular complexity index is 2310. The number of ether oxygens (including phenoxy) is 1. The Morgan fingerprint density at radius 2 is 1.84 bits per heavy atom. The molecule has 56 heavy (non-hydrogen) atoms. The molecule has 5 fully saturated rings. The van der Waals surface area contributed by atoms with Crippen LogP contribution in [0.25, 0.3) is 32.9 Å². The third-order valence-corrected chi connectivity index (χ3v) is 12.7. The zero-order chi connectivity index (χ0) is 38.9. The van der Waals surface area contributed by atoms with Crippen molar-refractivity contribution in [3.8, 4) is 35.4 Å². The summed E-state index contributed by atoms with van der Waals surface area (Å²) in [6, 6.07) is 5.09. The number of fused-ring (bicyclic) bond motifs is 5. The van der Waals surface area contributed by atoms with Gasteiger partial charge in [0, 0.05) is 74.3 Å². The fraction of sp³-hybridized carbons (Fsp3) is 0.452. The van der Waals surface area contributed by atoms with Crippen LogP contribution in [0.1, 0.15) is 50.5 Å². The third kappa shape index (κ3) is 5.98. The Morgan fingerprint density at radius 3 is 2.57 bits per heavy atom. The van der Waals surface area contributed by atoms with Gasteiger partial charge in [-0.15, -0.1) is 6.42 Å². The van der Waals surface area contributed by atoms with E-state index in [1.165, 1.54) is 36.5 Å². The zero-order valence-electron chi connectivity index (χ0n) is 30.9. The van der Waals surface area contributed by atoms with E-state index in [0.717, 1.165) is 32.2 Å². The molecule has 4 atom stereocenters. The van der Waals surface area contributed by atoms with Crippen LogP contribution in [0.4, 0.5) is 19.0 Å². The molecule has 1 N–H and O–H groups in total. The van der Waals surface area contributed by atoms with Crippen molar-refractivity contribution in [3.05, 3.63) is 60.3 Å². The molecule has 5 aliphatic heterocycles. The average molecular weight is 766 g/mol. The second kappa shape index (κ2) is 14.0. The lowest BCUT2D eigenvalue weighted by molar-refractivity contribution is -0.142. The maximum atomic E-state index is 17.1. The van der Waals surface area contributed by atoms with E-state index in [1.807, 2.05) is 9.80 Å². The standard InChI is InChI=1S/C42H42F3N7O4/c1-3-30-33(44)9-6-25-16-29(53)17-31(35(25)30)37-36(45)38-32(19-46-37)39(48-41(47-38)56-23-42-12-5-13-51(42)20-26(43)18-42)50-21-27-7-8-28(22-50)52(27)40(55)24-10-14-49(15-11-24)34(54)4-2/h1,4,6,9,16-17,19,24,26-28,53H,2,5,7-8,10-15,18,20-23H2. The molecule has 7 heterocycles. The first kappa shape index (κ1) is 36.2. The number of phenols is 1. The lowest BCUT2D eigenvalue weighted by Gasteiger charge is -2.44. The molecule has 4 aromatic rings. The van der Waals surface area contributed by atoms with E-state index in [9.17, 15) is 23.5 Å². The van der Waals surface area contributed by atoms with Crippen molar-refractivity contribution in [1.29, 1.82) is 0 Å². The average Bonchev–Trinajstić information content (AvgIpc) is 3.82. The van der Waals surface area contributed by atoms with Crippen molar-refractivity contribution in [1.82, 2.24) is 29.7 Å². The number of aromatic hydroxyl groups is 1. The van der Waals surface area contributed by atoms with Crippen LogP contribution in [0.5, 0.6) is 11.8 Å². The monoisotopic (exact) mass is 765 g/mol. The van der Waals surface area contributed by atoms with Gasteiger partial charge in [-0.25, -0.2) is 13.2 Å². The first-order chi connectivity index (χ1) is 27.1.